The molecule has 0 spiro atoms. The Morgan fingerprint density at radius 3 is 1.08 bits per heavy atom. The van der Waals surface area contributed by atoms with Crippen molar-refractivity contribution in [2.75, 3.05) is 47.5 Å². The first-order chi connectivity index (χ1) is 38.6. The summed E-state index contributed by atoms with van der Waals surface area (Å²) in [5.41, 5.74) is 0. The minimum Gasteiger partial charge on any atom is -0.545 e. The molecule has 0 aliphatic heterocycles. The average Bonchev–Trinajstić information content (AvgIpc) is 3.42. The van der Waals surface area contributed by atoms with Gasteiger partial charge in [-0.2, -0.15) is 0 Å². The molecule has 9 heteroatoms. The predicted molar refractivity (Wildman–Crippen MR) is 333 cm³/mol. The largest absolute Gasteiger partial charge is 0.545 e. The number of hydrogen-bond acceptors (Lipinski definition) is 8. The van der Waals surface area contributed by atoms with Gasteiger partial charge in [0.15, 0.2) is 12.4 Å². The van der Waals surface area contributed by atoms with Crippen LogP contribution in [0.15, 0.2) is 109 Å². The molecule has 0 aromatic rings. The highest BCUT2D eigenvalue weighted by Crippen LogP contribution is 2.16. The lowest BCUT2D eigenvalue weighted by molar-refractivity contribution is -0.870. The van der Waals surface area contributed by atoms with Crippen molar-refractivity contribution in [3.05, 3.63) is 109 Å². The number of ether oxygens (including phenoxy) is 4. The molecule has 0 heterocycles. The van der Waals surface area contributed by atoms with E-state index in [2.05, 4.69) is 123 Å². The second-order valence-electron chi connectivity index (χ2n) is 22.3. The van der Waals surface area contributed by atoms with Crippen LogP contribution < -0.4 is 5.11 Å². The molecule has 0 radical (unpaired) electrons. The van der Waals surface area contributed by atoms with Gasteiger partial charge in [-0.3, -0.25) is 9.59 Å². The number of nitrogens with zero attached hydrogens (tertiary/aromatic N) is 1. The van der Waals surface area contributed by atoms with Gasteiger partial charge in [-0.25, -0.2) is 0 Å². The van der Waals surface area contributed by atoms with Crippen LogP contribution in [-0.4, -0.2) is 82.3 Å². The number of aliphatic carboxylic acids is 1. The second-order valence-corrected chi connectivity index (χ2v) is 22.3. The van der Waals surface area contributed by atoms with Crippen molar-refractivity contribution >= 4 is 17.9 Å². The molecule has 0 rings (SSSR count). The van der Waals surface area contributed by atoms with Gasteiger partial charge in [0, 0.05) is 12.8 Å². The van der Waals surface area contributed by atoms with Crippen molar-refractivity contribution in [3.8, 4) is 0 Å². The van der Waals surface area contributed by atoms with Crippen molar-refractivity contribution in [3.63, 3.8) is 0 Å². The molecule has 452 valence electrons. The number of quaternary nitrogens is 1. The Kier molecular flexibility index (Phi) is 57.0. The molecule has 0 amide bonds. The number of hydrogen-bond donors (Lipinski definition) is 0. The molecule has 9 nitrogen and oxygen atoms in total. The summed E-state index contributed by atoms with van der Waals surface area (Å²) < 4.78 is 22.7. The van der Waals surface area contributed by atoms with Crippen LogP contribution >= 0.6 is 0 Å². The monoisotopic (exact) mass is 1100 g/mol. The number of carbonyl (C=O) groups is 3. The number of unbranched alkanes of at least 4 members (excludes halogenated alkanes) is 25. The highest BCUT2D eigenvalue weighted by molar-refractivity contribution is 5.70. The first kappa shape index (κ1) is 75.0. The van der Waals surface area contributed by atoms with Crippen LogP contribution in [-0.2, 0) is 33.3 Å². The minimum absolute atomic E-state index is 0.141. The van der Waals surface area contributed by atoms with Crippen LogP contribution in [0.5, 0.6) is 0 Å². The van der Waals surface area contributed by atoms with Crippen molar-refractivity contribution in [2.24, 2.45) is 0 Å². The maximum absolute atomic E-state index is 12.9. The number of esters is 2. The van der Waals surface area contributed by atoms with Gasteiger partial charge in [0.25, 0.3) is 0 Å². The van der Waals surface area contributed by atoms with Crippen LogP contribution in [0, 0.1) is 0 Å². The zero-order valence-electron chi connectivity index (χ0n) is 51.5. The Morgan fingerprint density at radius 2 is 0.722 bits per heavy atom. The smallest absolute Gasteiger partial charge is 0.306 e. The van der Waals surface area contributed by atoms with E-state index >= 15 is 0 Å². The Bertz CT molecular complexity index is 1660. The zero-order chi connectivity index (χ0) is 57.6. The van der Waals surface area contributed by atoms with Crippen LogP contribution in [0.1, 0.15) is 258 Å². The summed E-state index contributed by atoms with van der Waals surface area (Å²) in [6, 6.07) is 0. The van der Waals surface area contributed by atoms with Gasteiger partial charge >= 0.3 is 11.9 Å². The third kappa shape index (κ3) is 61.4. The highest BCUT2D eigenvalue weighted by Gasteiger charge is 2.22. The van der Waals surface area contributed by atoms with Gasteiger partial charge in [0.1, 0.15) is 13.2 Å². The van der Waals surface area contributed by atoms with Gasteiger partial charge in [0.2, 0.25) is 0 Å². The van der Waals surface area contributed by atoms with E-state index in [1.54, 1.807) is 0 Å². The first-order valence-corrected chi connectivity index (χ1v) is 32.0. The molecule has 0 aromatic heterocycles. The van der Waals surface area contributed by atoms with E-state index < -0.39 is 24.3 Å². The van der Waals surface area contributed by atoms with Crippen molar-refractivity contribution in [1.82, 2.24) is 0 Å². The Labute approximate surface area is 485 Å². The Hall–Kier alpha value is -4.05. The summed E-state index contributed by atoms with van der Waals surface area (Å²) >= 11 is 0. The van der Waals surface area contributed by atoms with Gasteiger partial charge in [-0.1, -0.05) is 252 Å². The van der Waals surface area contributed by atoms with Crippen LogP contribution in [0.2, 0.25) is 0 Å². The third-order valence-corrected chi connectivity index (χ3v) is 13.5. The maximum Gasteiger partial charge on any atom is 0.306 e. The lowest BCUT2D eigenvalue weighted by Gasteiger charge is -2.26. The van der Waals surface area contributed by atoms with Gasteiger partial charge in [-0.15, -0.1) is 0 Å². The maximum atomic E-state index is 12.9. The molecule has 0 N–H and O–H groups in total. The van der Waals surface area contributed by atoms with E-state index in [1.807, 2.05) is 21.1 Å². The fraction of sp³-hybridized carbons (Fsp3) is 0.700. The van der Waals surface area contributed by atoms with Gasteiger partial charge < -0.3 is 33.3 Å². The molecule has 2 unspecified atom stereocenters. The fourth-order valence-corrected chi connectivity index (χ4v) is 8.61. The molecule has 0 aliphatic rings. The normalized spacial score (nSPS) is 13.5. The molecule has 0 bridgehead atoms. The lowest BCUT2D eigenvalue weighted by Crippen LogP contribution is -2.44. The predicted octanol–water partition coefficient (Wildman–Crippen LogP) is 18.1. The van der Waals surface area contributed by atoms with Crippen LogP contribution in [0.3, 0.4) is 0 Å². The molecule has 0 aliphatic carbocycles. The lowest BCUT2D eigenvalue weighted by atomic mass is 10.0. The molecular formula is C70H119NO8. The molecular weight excluding hydrogens is 983 g/mol. The summed E-state index contributed by atoms with van der Waals surface area (Å²) in [5, 5.41) is 11.8. The molecule has 0 aromatic carbocycles. The van der Waals surface area contributed by atoms with Gasteiger partial charge in [-0.05, 0) is 103 Å². The topological polar surface area (TPSA) is 111 Å². The van der Waals surface area contributed by atoms with Crippen LogP contribution in [0.4, 0.5) is 0 Å². The van der Waals surface area contributed by atoms with Crippen LogP contribution in [0.25, 0.3) is 0 Å². The molecule has 0 saturated heterocycles. The number of rotatable bonds is 58. The van der Waals surface area contributed by atoms with E-state index in [-0.39, 0.29) is 38.6 Å². The SMILES string of the molecule is CC/C=C\C/C=C\C/C=C\C/C=C\C/C=C\C/C=C\CCCCCCCCCCCCCCCCC(=O)OC(COC(=O)CCCCCCCC/C=C\C/C=C\C/C=C\CCCCCCC)COC(OCC[N+](C)(C)C)C(=O)[O-]. The minimum atomic E-state index is -1.63. The first-order valence-electron chi connectivity index (χ1n) is 32.0. The summed E-state index contributed by atoms with van der Waals surface area (Å²) in [6.45, 7) is 4.61. The standard InChI is InChI=1S/C70H119NO8/c1-6-8-10-12-14-16-18-20-22-24-26-28-29-30-31-32-33-34-35-36-37-38-39-41-43-45-47-49-51-53-55-57-59-61-68(73)79-66(65-78-70(69(74)75)76-63-62-71(3,4)5)64-77-67(72)60-58-56-54-52-50-48-46-44-42-40-27-25-23-21-19-17-15-13-11-9-7-2/h8,10,14,16,19-22,25-28,30-31,33-34,42,44,66,70H,6-7,9,11-13,15,17-18,23-24,29,32,35-41,43,45-65H2,1-5H3/b10-8-,16-14-,21-19-,22-20-,27-25-,28-26-,31-30-,34-33-,44-42-. The number of carboxylic acids is 1. The van der Waals surface area contributed by atoms with E-state index in [9.17, 15) is 19.5 Å². The quantitative estimate of drug-likeness (QED) is 0.0195. The third-order valence-electron chi connectivity index (χ3n) is 13.5. The Morgan fingerprint density at radius 1 is 0.392 bits per heavy atom. The van der Waals surface area contributed by atoms with E-state index in [0.29, 0.717) is 17.4 Å². The molecule has 79 heavy (non-hydrogen) atoms. The highest BCUT2D eigenvalue weighted by atomic mass is 16.7. The zero-order valence-corrected chi connectivity index (χ0v) is 51.5. The summed E-state index contributed by atoms with van der Waals surface area (Å²) in [7, 11) is 5.92. The average molecular weight is 1100 g/mol. The van der Waals surface area contributed by atoms with E-state index in [0.717, 1.165) is 103 Å². The molecule has 2 atom stereocenters. The summed E-state index contributed by atoms with van der Waals surface area (Å²) in [6.07, 6.45) is 80.0. The number of likely N-dealkylation sites (N-methyl/N-ethyl adjacent to an activating group) is 1. The number of carboxylic acid groups (broad SMARTS) is 1. The Balaban J connectivity index is 4.19. The van der Waals surface area contributed by atoms with E-state index in [1.165, 1.54) is 122 Å². The number of carbonyl (C=O) groups excluding carboxylic acids is 3. The van der Waals surface area contributed by atoms with Crippen molar-refractivity contribution in [1.29, 1.82) is 0 Å². The molecule has 0 saturated carbocycles. The fourth-order valence-electron chi connectivity index (χ4n) is 8.61. The van der Waals surface area contributed by atoms with Crippen molar-refractivity contribution in [2.45, 2.75) is 270 Å². The summed E-state index contributed by atoms with van der Waals surface area (Å²) in [5.74, 6) is -2.30. The second kappa shape index (κ2) is 60.1. The molecule has 0 fully saturated rings. The van der Waals surface area contributed by atoms with E-state index in [4.69, 9.17) is 18.9 Å². The summed E-state index contributed by atoms with van der Waals surface area (Å²) in [4.78, 5) is 37.4. The van der Waals surface area contributed by atoms with Crippen molar-refractivity contribution < 1.29 is 42.9 Å². The van der Waals surface area contributed by atoms with Gasteiger partial charge in [0.05, 0.1) is 40.3 Å². The number of allylic oxidation sites excluding steroid dienone is 18.